The summed E-state index contributed by atoms with van der Waals surface area (Å²) in [5, 5.41) is 5.11. The fourth-order valence-electron chi connectivity index (χ4n) is 3.47. The molecular formula is C21H17F2N3O3. The first-order valence-corrected chi connectivity index (χ1v) is 8.75. The Hall–Kier alpha value is -3.68. The zero-order valence-electron chi connectivity index (χ0n) is 15.9. The van der Waals surface area contributed by atoms with E-state index in [4.69, 9.17) is 4.74 Å². The Morgan fingerprint density at radius 1 is 0.897 bits per heavy atom. The van der Waals surface area contributed by atoms with Gasteiger partial charge in [0.1, 0.15) is 17.4 Å². The first kappa shape index (κ1) is 18.7. The van der Waals surface area contributed by atoms with Crippen molar-refractivity contribution in [3.8, 4) is 5.75 Å². The molecule has 2 amide bonds. The van der Waals surface area contributed by atoms with Gasteiger partial charge >= 0.3 is 0 Å². The maximum absolute atomic E-state index is 14.6. The standard InChI is InChI=1S/C21H17F2N3O3/c1-26(2)10-7-8-12(22)11(9-10)18-16-17(21(28)24-18)19(25-20(16)27)15-13(23)5-4-6-14(15)29-3/h4-9H,1-3H3,(H,24,28)(H,25,27). The van der Waals surface area contributed by atoms with Crippen molar-refractivity contribution in [1.29, 1.82) is 0 Å². The summed E-state index contributed by atoms with van der Waals surface area (Å²) in [6.07, 6.45) is 0. The molecule has 0 unspecified atom stereocenters. The summed E-state index contributed by atoms with van der Waals surface area (Å²) < 4.78 is 34.3. The molecule has 0 saturated carbocycles. The number of ether oxygens (including phenoxy) is 1. The number of halogens is 2. The highest BCUT2D eigenvalue weighted by molar-refractivity contribution is 6.30. The summed E-state index contributed by atoms with van der Waals surface area (Å²) >= 11 is 0. The molecule has 2 N–H and O–H groups in total. The number of hydrogen-bond donors (Lipinski definition) is 2. The van der Waals surface area contributed by atoms with Crippen LogP contribution in [0.1, 0.15) is 11.1 Å². The topological polar surface area (TPSA) is 70.7 Å². The minimum atomic E-state index is -0.657. The molecule has 0 aliphatic carbocycles. The number of nitrogens with zero attached hydrogens (tertiary/aromatic N) is 1. The van der Waals surface area contributed by atoms with Crippen LogP contribution in [-0.2, 0) is 9.59 Å². The second-order valence-corrected chi connectivity index (χ2v) is 6.78. The lowest BCUT2D eigenvalue weighted by Crippen LogP contribution is -2.22. The van der Waals surface area contributed by atoms with E-state index < -0.39 is 23.4 Å². The number of methoxy groups -OCH3 is 1. The summed E-state index contributed by atoms with van der Waals surface area (Å²) in [5.41, 5.74) is 0.716. The Labute approximate surface area is 165 Å². The van der Waals surface area contributed by atoms with Crippen molar-refractivity contribution in [3.05, 3.63) is 70.3 Å². The largest absolute Gasteiger partial charge is 0.496 e. The number of benzene rings is 2. The Balaban J connectivity index is 1.96. The number of nitrogens with one attached hydrogen (secondary N) is 2. The van der Waals surface area contributed by atoms with Gasteiger partial charge in [0, 0.05) is 25.3 Å². The molecule has 2 aromatic rings. The van der Waals surface area contributed by atoms with Gasteiger partial charge < -0.3 is 20.3 Å². The van der Waals surface area contributed by atoms with E-state index in [0.29, 0.717) is 5.69 Å². The highest BCUT2D eigenvalue weighted by Crippen LogP contribution is 2.41. The van der Waals surface area contributed by atoms with E-state index in [9.17, 15) is 18.4 Å². The molecule has 0 spiro atoms. The molecule has 0 fully saturated rings. The summed E-state index contributed by atoms with van der Waals surface area (Å²) in [6.45, 7) is 0. The normalized spacial score (nSPS) is 15.5. The van der Waals surface area contributed by atoms with E-state index in [1.54, 1.807) is 25.1 Å². The first-order chi connectivity index (χ1) is 13.8. The highest BCUT2D eigenvalue weighted by Gasteiger charge is 2.42. The average Bonchev–Trinajstić information content (AvgIpc) is 3.20. The molecular weight excluding hydrogens is 380 g/mol. The monoisotopic (exact) mass is 397 g/mol. The Morgan fingerprint density at radius 3 is 2.21 bits per heavy atom. The molecule has 2 heterocycles. The molecule has 2 aliphatic heterocycles. The van der Waals surface area contributed by atoms with Gasteiger partial charge in [-0.15, -0.1) is 0 Å². The molecule has 2 aliphatic rings. The Morgan fingerprint density at radius 2 is 1.55 bits per heavy atom. The smallest absolute Gasteiger partial charge is 0.258 e. The predicted octanol–water partition coefficient (Wildman–Crippen LogP) is 2.42. The van der Waals surface area contributed by atoms with Crippen LogP contribution in [0.15, 0.2) is 47.5 Å². The molecule has 8 heteroatoms. The molecule has 0 aromatic heterocycles. The zero-order chi connectivity index (χ0) is 20.9. The molecule has 6 nitrogen and oxygen atoms in total. The SMILES string of the molecule is COc1cccc(F)c1C1=C2C(=O)NC(c3cc(N(C)C)ccc3F)=C2C(=O)N1. The van der Waals surface area contributed by atoms with Gasteiger partial charge in [-0.1, -0.05) is 6.07 Å². The second-order valence-electron chi connectivity index (χ2n) is 6.78. The third-order valence-electron chi connectivity index (χ3n) is 4.86. The van der Waals surface area contributed by atoms with E-state index in [1.165, 1.54) is 37.4 Å². The van der Waals surface area contributed by atoms with Crippen LogP contribution in [0.4, 0.5) is 14.5 Å². The maximum Gasteiger partial charge on any atom is 0.258 e. The van der Waals surface area contributed by atoms with Gasteiger partial charge in [-0.05, 0) is 30.3 Å². The van der Waals surface area contributed by atoms with Crippen molar-refractivity contribution in [2.24, 2.45) is 0 Å². The van der Waals surface area contributed by atoms with Gasteiger partial charge in [-0.3, -0.25) is 9.59 Å². The molecule has 148 valence electrons. The third-order valence-corrected chi connectivity index (χ3v) is 4.86. The van der Waals surface area contributed by atoms with Crippen molar-refractivity contribution in [1.82, 2.24) is 10.6 Å². The summed E-state index contributed by atoms with van der Waals surface area (Å²) in [5.74, 6) is -2.33. The molecule has 29 heavy (non-hydrogen) atoms. The van der Waals surface area contributed by atoms with Crippen LogP contribution in [0.3, 0.4) is 0 Å². The number of amides is 2. The van der Waals surface area contributed by atoms with E-state index >= 15 is 0 Å². The molecule has 0 saturated heterocycles. The van der Waals surface area contributed by atoms with Crippen molar-refractivity contribution in [3.63, 3.8) is 0 Å². The number of carbonyl (C=O) groups excluding carboxylic acids is 2. The third kappa shape index (κ3) is 2.84. The van der Waals surface area contributed by atoms with Crippen LogP contribution < -0.4 is 20.3 Å². The van der Waals surface area contributed by atoms with Gasteiger partial charge in [0.05, 0.1) is 35.2 Å². The van der Waals surface area contributed by atoms with E-state index in [1.807, 2.05) is 0 Å². The fraction of sp³-hybridized carbons (Fsp3) is 0.143. The van der Waals surface area contributed by atoms with Gasteiger partial charge in [-0.2, -0.15) is 0 Å². The van der Waals surface area contributed by atoms with Crippen molar-refractivity contribution >= 4 is 28.9 Å². The van der Waals surface area contributed by atoms with Crippen LogP contribution in [0.25, 0.3) is 11.4 Å². The number of hydrogen-bond acceptors (Lipinski definition) is 4. The Kier molecular flexibility index (Phi) is 4.34. The van der Waals surface area contributed by atoms with Crippen molar-refractivity contribution in [2.75, 3.05) is 26.1 Å². The van der Waals surface area contributed by atoms with E-state index in [0.717, 1.165) is 0 Å². The van der Waals surface area contributed by atoms with Crippen LogP contribution in [0.5, 0.6) is 5.75 Å². The van der Waals surface area contributed by atoms with Gasteiger partial charge in [-0.25, -0.2) is 8.78 Å². The number of rotatable bonds is 4. The fourth-order valence-corrected chi connectivity index (χ4v) is 3.47. The maximum atomic E-state index is 14.6. The highest BCUT2D eigenvalue weighted by atomic mass is 19.1. The minimum absolute atomic E-state index is 0.00313. The van der Waals surface area contributed by atoms with E-state index in [-0.39, 0.29) is 39.4 Å². The predicted molar refractivity (Wildman–Crippen MR) is 104 cm³/mol. The molecule has 0 radical (unpaired) electrons. The molecule has 0 atom stereocenters. The van der Waals surface area contributed by atoms with Crippen LogP contribution in [-0.4, -0.2) is 33.0 Å². The van der Waals surface area contributed by atoms with Crippen molar-refractivity contribution < 1.29 is 23.1 Å². The molecule has 0 bridgehead atoms. The van der Waals surface area contributed by atoms with Gasteiger partial charge in [0.25, 0.3) is 11.8 Å². The minimum Gasteiger partial charge on any atom is -0.496 e. The summed E-state index contributed by atoms with van der Waals surface area (Å²) in [7, 11) is 4.94. The number of anilines is 1. The van der Waals surface area contributed by atoms with Gasteiger partial charge in [0.2, 0.25) is 0 Å². The average molecular weight is 397 g/mol. The van der Waals surface area contributed by atoms with Crippen molar-refractivity contribution in [2.45, 2.75) is 0 Å². The van der Waals surface area contributed by atoms with Crippen LogP contribution in [0, 0.1) is 11.6 Å². The molecule has 4 rings (SSSR count). The zero-order valence-corrected chi connectivity index (χ0v) is 15.9. The number of carbonyl (C=O) groups is 2. The summed E-state index contributed by atoms with van der Waals surface area (Å²) in [6, 6.07) is 8.57. The summed E-state index contributed by atoms with van der Waals surface area (Å²) in [4.78, 5) is 27.2. The lowest BCUT2D eigenvalue weighted by molar-refractivity contribution is -0.117. The van der Waals surface area contributed by atoms with E-state index in [2.05, 4.69) is 10.6 Å². The first-order valence-electron chi connectivity index (χ1n) is 8.75. The lowest BCUT2D eigenvalue weighted by Gasteiger charge is -2.15. The quantitative estimate of drug-likeness (QED) is 0.832. The molecule has 2 aromatic carbocycles. The lowest BCUT2D eigenvalue weighted by atomic mass is 10.0. The second kappa shape index (κ2) is 6.73. The number of fused-ring (bicyclic) bond motifs is 1. The van der Waals surface area contributed by atoms with Crippen LogP contribution in [0.2, 0.25) is 0 Å². The van der Waals surface area contributed by atoms with Crippen LogP contribution >= 0.6 is 0 Å². The van der Waals surface area contributed by atoms with Gasteiger partial charge in [0.15, 0.2) is 0 Å². The Bertz CT molecular complexity index is 1140.